The van der Waals surface area contributed by atoms with Gasteiger partial charge in [-0.2, -0.15) is 0 Å². The molecule has 0 bridgehead atoms. The standard InChI is InChI=1S/C16H26N6O/c23-16(20-9-8-19-15-17-6-4-7-18-15)22-12-3-5-14(22)13-21-10-1-2-11-21/h4,6-7,14H,1-3,5,8-13H2,(H,20,23)(H,17,18,19)/t14-/m1/s1. The summed E-state index contributed by atoms with van der Waals surface area (Å²) in [4.78, 5) is 25.1. The monoisotopic (exact) mass is 318 g/mol. The van der Waals surface area contributed by atoms with E-state index in [1.54, 1.807) is 18.5 Å². The Hall–Kier alpha value is -1.89. The van der Waals surface area contributed by atoms with E-state index in [-0.39, 0.29) is 6.03 Å². The largest absolute Gasteiger partial charge is 0.352 e. The summed E-state index contributed by atoms with van der Waals surface area (Å²) < 4.78 is 0. The van der Waals surface area contributed by atoms with Crippen LogP contribution in [0, 0.1) is 0 Å². The number of urea groups is 1. The summed E-state index contributed by atoms with van der Waals surface area (Å²) in [5, 5.41) is 6.10. The minimum Gasteiger partial charge on any atom is -0.352 e. The quantitative estimate of drug-likeness (QED) is 0.770. The highest BCUT2D eigenvalue weighted by atomic mass is 16.2. The van der Waals surface area contributed by atoms with Crippen molar-refractivity contribution >= 4 is 12.0 Å². The van der Waals surface area contributed by atoms with E-state index < -0.39 is 0 Å². The number of carbonyl (C=O) groups excluding carboxylic acids is 1. The van der Waals surface area contributed by atoms with Crippen molar-refractivity contribution in [2.24, 2.45) is 0 Å². The summed E-state index contributed by atoms with van der Waals surface area (Å²) >= 11 is 0. The molecule has 0 radical (unpaired) electrons. The zero-order chi connectivity index (χ0) is 15.9. The Morgan fingerprint density at radius 3 is 2.70 bits per heavy atom. The molecule has 23 heavy (non-hydrogen) atoms. The SMILES string of the molecule is O=C(NCCNc1ncccn1)N1CCC[C@@H]1CN1CCCC1. The molecular weight excluding hydrogens is 292 g/mol. The maximum Gasteiger partial charge on any atom is 0.317 e. The van der Waals surface area contributed by atoms with Crippen molar-refractivity contribution in [1.29, 1.82) is 0 Å². The summed E-state index contributed by atoms with van der Waals surface area (Å²) in [6.45, 7) is 5.48. The van der Waals surface area contributed by atoms with Crippen LogP contribution in [0.4, 0.5) is 10.7 Å². The molecule has 1 aromatic rings. The van der Waals surface area contributed by atoms with Gasteiger partial charge in [-0.1, -0.05) is 0 Å². The van der Waals surface area contributed by atoms with Crippen molar-refractivity contribution in [2.45, 2.75) is 31.7 Å². The summed E-state index contributed by atoms with van der Waals surface area (Å²) in [7, 11) is 0. The van der Waals surface area contributed by atoms with Gasteiger partial charge in [0.2, 0.25) is 5.95 Å². The number of amides is 2. The van der Waals surface area contributed by atoms with Crippen LogP contribution in [0.3, 0.4) is 0 Å². The number of hydrogen-bond acceptors (Lipinski definition) is 5. The van der Waals surface area contributed by atoms with Crippen LogP contribution in [0.15, 0.2) is 18.5 Å². The van der Waals surface area contributed by atoms with Gasteiger partial charge in [0.05, 0.1) is 0 Å². The number of hydrogen-bond donors (Lipinski definition) is 2. The Balaban J connectivity index is 1.38. The molecule has 2 fully saturated rings. The fraction of sp³-hybridized carbons (Fsp3) is 0.688. The lowest BCUT2D eigenvalue weighted by Gasteiger charge is -2.28. The molecule has 126 valence electrons. The topological polar surface area (TPSA) is 73.4 Å². The summed E-state index contributed by atoms with van der Waals surface area (Å²) in [5.74, 6) is 0.592. The lowest BCUT2D eigenvalue weighted by Crippen LogP contribution is -2.47. The molecule has 0 unspecified atom stereocenters. The Kier molecular flexibility index (Phi) is 5.63. The summed E-state index contributed by atoms with van der Waals surface area (Å²) in [6, 6.07) is 2.21. The predicted octanol–water partition coefficient (Wildman–Crippen LogP) is 1.16. The molecule has 7 nitrogen and oxygen atoms in total. The normalized spacial score (nSPS) is 21.6. The zero-order valence-corrected chi connectivity index (χ0v) is 13.6. The van der Waals surface area contributed by atoms with Crippen molar-refractivity contribution in [3.8, 4) is 0 Å². The molecule has 2 aliphatic heterocycles. The number of nitrogens with zero attached hydrogens (tertiary/aromatic N) is 4. The van der Waals surface area contributed by atoms with Gasteiger partial charge in [0, 0.05) is 44.6 Å². The zero-order valence-electron chi connectivity index (χ0n) is 13.6. The highest BCUT2D eigenvalue weighted by Gasteiger charge is 2.30. The highest BCUT2D eigenvalue weighted by molar-refractivity contribution is 5.74. The molecule has 2 amide bonds. The smallest absolute Gasteiger partial charge is 0.317 e. The van der Waals surface area contributed by atoms with Gasteiger partial charge in [0.1, 0.15) is 0 Å². The lowest BCUT2D eigenvalue weighted by molar-refractivity contribution is 0.175. The van der Waals surface area contributed by atoms with E-state index in [0.29, 0.717) is 25.1 Å². The van der Waals surface area contributed by atoms with Crippen LogP contribution in [0.1, 0.15) is 25.7 Å². The van der Waals surface area contributed by atoms with Gasteiger partial charge in [-0.25, -0.2) is 14.8 Å². The molecule has 3 heterocycles. The number of carbonyl (C=O) groups is 1. The van der Waals surface area contributed by atoms with Crippen LogP contribution in [0.25, 0.3) is 0 Å². The first-order chi connectivity index (χ1) is 11.3. The maximum atomic E-state index is 12.4. The first-order valence-electron chi connectivity index (χ1n) is 8.60. The third-order valence-electron chi connectivity index (χ3n) is 4.56. The van der Waals surface area contributed by atoms with Gasteiger partial charge in [0.15, 0.2) is 0 Å². The Bertz CT molecular complexity index is 491. The number of rotatable bonds is 6. The van der Waals surface area contributed by atoms with Crippen LogP contribution in [-0.4, -0.2) is 71.1 Å². The molecule has 0 saturated carbocycles. The first kappa shape index (κ1) is 16.0. The molecular formula is C16H26N6O. The highest BCUT2D eigenvalue weighted by Crippen LogP contribution is 2.20. The van der Waals surface area contributed by atoms with E-state index in [9.17, 15) is 4.79 Å². The fourth-order valence-corrected chi connectivity index (χ4v) is 3.39. The van der Waals surface area contributed by atoms with Crippen molar-refractivity contribution in [2.75, 3.05) is 44.6 Å². The van der Waals surface area contributed by atoms with Gasteiger partial charge >= 0.3 is 6.03 Å². The second-order valence-corrected chi connectivity index (χ2v) is 6.23. The molecule has 1 atom stereocenters. The van der Waals surface area contributed by atoms with E-state index in [4.69, 9.17) is 0 Å². The van der Waals surface area contributed by atoms with Crippen molar-refractivity contribution in [3.63, 3.8) is 0 Å². The number of nitrogens with one attached hydrogen (secondary N) is 2. The molecule has 2 N–H and O–H groups in total. The summed E-state index contributed by atoms with van der Waals surface area (Å²) in [5.41, 5.74) is 0. The van der Waals surface area contributed by atoms with Crippen LogP contribution >= 0.6 is 0 Å². The van der Waals surface area contributed by atoms with E-state index in [2.05, 4.69) is 25.5 Å². The van der Waals surface area contributed by atoms with Crippen LogP contribution in [-0.2, 0) is 0 Å². The van der Waals surface area contributed by atoms with E-state index >= 15 is 0 Å². The number of aromatic nitrogens is 2. The van der Waals surface area contributed by atoms with Gasteiger partial charge in [0.25, 0.3) is 0 Å². The van der Waals surface area contributed by atoms with E-state index in [0.717, 1.165) is 25.9 Å². The van der Waals surface area contributed by atoms with Gasteiger partial charge < -0.3 is 20.4 Å². The molecule has 2 aliphatic rings. The minimum absolute atomic E-state index is 0.0578. The third kappa shape index (κ3) is 4.54. The lowest BCUT2D eigenvalue weighted by atomic mass is 10.2. The van der Waals surface area contributed by atoms with Crippen molar-refractivity contribution in [1.82, 2.24) is 25.1 Å². The number of likely N-dealkylation sites (tertiary alicyclic amines) is 2. The molecule has 0 spiro atoms. The minimum atomic E-state index is 0.0578. The predicted molar refractivity (Wildman–Crippen MR) is 89.3 cm³/mol. The molecule has 0 aromatic carbocycles. The third-order valence-corrected chi connectivity index (χ3v) is 4.56. The second kappa shape index (κ2) is 8.10. The fourth-order valence-electron chi connectivity index (χ4n) is 3.39. The van der Waals surface area contributed by atoms with Crippen molar-refractivity contribution in [3.05, 3.63) is 18.5 Å². The molecule has 0 aliphatic carbocycles. The molecule has 2 saturated heterocycles. The second-order valence-electron chi connectivity index (χ2n) is 6.23. The summed E-state index contributed by atoms with van der Waals surface area (Å²) in [6.07, 6.45) is 8.22. The first-order valence-corrected chi connectivity index (χ1v) is 8.60. The molecule has 7 heteroatoms. The van der Waals surface area contributed by atoms with Gasteiger partial charge in [-0.05, 0) is 44.8 Å². The van der Waals surface area contributed by atoms with E-state index in [1.807, 2.05) is 4.90 Å². The van der Waals surface area contributed by atoms with Crippen molar-refractivity contribution < 1.29 is 4.79 Å². The van der Waals surface area contributed by atoms with Gasteiger partial charge in [-0.15, -0.1) is 0 Å². The Labute approximate surface area is 137 Å². The number of anilines is 1. The average Bonchev–Trinajstić information content (AvgIpc) is 3.25. The van der Waals surface area contributed by atoms with Crippen LogP contribution < -0.4 is 10.6 Å². The van der Waals surface area contributed by atoms with Crippen LogP contribution in [0.5, 0.6) is 0 Å². The maximum absolute atomic E-state index is 12.4. The Morgan fingerprint density at radius 2 is 1.91 bits per heavy atom. The van der Waals surface area contributed by atoms with Crippen LogP contribution in [0.2, 0.25) is 0 Å². The van der Waals surface area contributed by atoms with E-state index in [1.165, 1.54) is 25.9 Å². The average molecular weight is 318 g/mol. The Morgan fingerprint density at radius 1 is 1.13 bits per heavy atom. The van der Waals surface area contributed by atoms with Gasteiger partial charge in [-0.3, -0.25) is 0 Å². The molecule has 3 rings (SSSR count). The molecule has 1 aromatic heterocycles.